The number of hydrogen-bond donors (Lipinski definition) is 1. The molecule has 1 aliphatic rings. The summed E-state index contributed by atoms with van der Waals surface area (Å²) in [6.07, 6.45) is 1.70. The Morgan fingerprint density at radius 1 is 1.03 bits per heavy atom. The largest absolute Gasteiger partial charge is 0.488 e. The van der Waals surface area contributed by atoms with Crippen molar-refractivity contribution in [3.63, 3.8) is 0 Å². The molecule has 1 aliphatic heterocycles. The molecule has 0 aliphatic carbocycles. The van der Waals surface area contributed by atoms with E-state index in [0.29, 0.717) is 27.8 Å². The molecular weight excluding hydrogens is 464 g/mol. The number of thioether (sulfide) groups is 1. The van der Waals surface area contributed by atoms with Gasteiger partial charge in [-0.15, -0.1) is 0 Å². The van der Waals surface area contributed by atoms with E-state index in [9.17, 15) is 9.59 Å². The lowest BCUT2D eigenvalue weighted by Crippen LogP contribution is -2.44. The lowest BCUT2D eigenvalue weighted by atomic mass is 10.2. The van der Waals surface area contributed by atoms with Crippen LogP contribution in [0.2, 0.25) is 5.02 Å². The van der Waals surface area contributed by atoms with Crippen molar-refractivity contribution in [2.75, 3.05) is 0 Å². The number of rotatable bonds is 6. The molecule has 0 unspecified atom stereocenters. The number of halogens is 1. The first-order valence-corrected chi connectivity index (χ1v) is 11.2. The Morgan fingerprint density at radius 2 is 1.72 bits per heavy atom. The fourth-order valence-electron chi connectivity index (χ4n) is 2.96. The van der Waals surface area contributed by atoms with E-state index >= 15 is 0 Å². The van der Waals surface area contributed by atoms with Crippen molar-refractivity contribution < 1.29 is 14.3 Å². The molecule has 0 atom stereocenters. The lowest BCUT2D eigenvalue weighted by molar-refractivity contribution is -0.123. The average Bonchev–Trinajstić information content (AvgIpc) is 3.07. The van der Waals surface area contributed by atoms with Crippen LogP contribution in [0.15, 0.2) is 83.8 Å². The second kappa shape index (κ2) is 9.99. The van der Waals surface area contributed by atoms with Crippen LogP contribution in [0.25, 0.3) is 6.08 Å². The molecule has 0 bridgehead atoms. The molecule has 2 amide bonds. The van der Waals surface area contributed by atoms with Crippen molar-refractivity contribution in [3.05, 3.63) is 105 Å². The van der Waals surface area contributed by atoms with Gasteiger partial charge in [0, 0.05) is 21.7 Å². The standard InChI is InChI=1S/C24H17ClN2O3S2/c25-19-12-6-4-11-18(19)15-30-20-13-7-5-10-17(20)14-21-23(29)27(24(31)32-21)26-22(28)16-8-2-1-3-9-16/h1-14H,15H2,(H,26,28). The van der Waals surface area contributed by atoms with Crippen LogP contribution in [0.5, 0.6) is 5.75 Å². The maximum atomic E-state index is 12.9. The van der Waals surface area contributed by atoms with Crippen molar-refractivity contribution >= 4 is 57.8 Å². The van der Waals surface area contributed by atoms with Gasteiger partial charge in [-0.1, -0.05) is 78.0 Å². The highest BCUT2D eigenvalue weighted by molar-refractivity contribution is 8.26. The average molecular weight is 481 g/mol. The van der Waals surface area contributed by atoms with Gasteiger partial charge in [0.05, 0.1) is 4.91 Å². The number of hydrazine groups is 1. The molecule has 8 heteroatoms. The van der Waals surface area contributed by atoms with Gasteiger partial charge in [0.2, 0.25) is 0 Å². The Hall–Kier alpha value is -3.13. The minimum Gasteiger partial charge on any atom is -0.488 e. The van der Waals surface area contributed by atoms with Crippen molar-refractivity contribution in [1.29, 1.82) is 0 Å². The Balaban J connectivity index is 1.50. The van der Waals surface area contributed by atoms with Crippen LogP contribution in [0.1, 0.15) is 21.5 Å². The molecular formula is C24H17ClN2O3S2. The number of thiocarbonyl (C=S) groups is 1. The third-order valence-corrected chi connectivity index (χ3v) is 6.26. The van der Waals surface area contributed by atoms with Crippen LogP contribution in [0.3, 0.4) is 0 Å². The second-order valence-electron chi connectivity index (χ2n) is 6.74. The summed E-state index contributed by atoms with van der Waals surface area (Å²) in [6, 6.07) is 23.5. The van der Waals surface area contributed by atoms with Crippen molar-refractivity contribution in [3.8, 4) is 5.75 Å². The molecule has 0 saturated carbocycles. The zero-order valence-corrected chi connectivity index (χ0v) is 19.0. The summed E-state index contributed by atoms with van der Waals surface area (Å²) in [5.74, 6) is -0.206. The van der Waals surface area contributed by atoms with Gasteiger partial charge in [-0.3, -0.25) is 15.0 Å². The smallest absolute Gasteiger partial charge is 0.285 e. The predicted molar refractivity (Wildman–Crippen MR) is 131 cm³/mol. The Morgan fingerprint density at radius 3 is 2.50 bits per heavy atom. The molecule has 5 nitrogen and oxygen atoms in total. The van der Waals surface area contributed by atoms with Gasteiger partial charge < -0.3 is 4.74 Å². The molecule has 1 fully saturated rings. The molecule has 0 spiro atoms. The number of nitrogens with one attached hydrogen (secondary N) is 1. The molecule has 1 saturated heterocycles. The number of carbonyl (C=O) groups is 2. The number of amides is 2. The molecule has 3 aromatic rings. The van der Waals surface area contributed by atoms with E-state index in [1.165, 1.54) is 0 Å². The van der Waals surface area contributed by atoms with Crippen molar-refractivity contribution in [2.45, 2.75) is 6.61 Å². The SMILES string of the molecule is O=C(NN1C(=O)C(=Cc2ccccc2OCc2ccccc2Cl)SC1=S)c1ccccc1. The van der Waals surface area contributed by atoms with Crippen LogP contribution < -0.4 is 10.2 Å². The number of para-hydroxylation sites is 1. The van der Waals surface area contributed by atoms with Gasteiger partial charge in [0.15, 0.2) is 4.32 Å². The normalized spacial score (nSPS) is 14.7. The zero-order chi connectivity index (χ0) is 22.5. The fourth-order valence-corrected chi connectivity index (χ4v) is 4.32. The van der Waals surface area contributed by atoms with Gasteiger partial charge in [-0.05, 0) is 42.6 Å². The van der Waals surface area contributed by atoms with Crippen LogP contribution in [0, 0.1) is 0 Å². The van der Waals surface area contributed by atoms with Gasteiger partial charge in [0.25, 0.3) is 11.8 Å². The van der Waals surface area contributed by atoms with Gasteiger partial charge in [-0.2, -0.15) is 5.01 Å². The minimum absolute atomic E-state index is 0.250. The van der Waals surface area contributed by atoms with Crippen LogP contribution >= 0.6 is 35.6 Å². The lowest BCUT2D eigenvalue weighted by Gasteiger charge is -2.15. The minimum atomic E-state index is -0.411. The van der Waals surface area contributed by atoms with E-state index in [1.54, 1.807) is 36.4 Å². The summed E-state index contributed by atoms with van der Waals surface area (Å²) in [5, 5.41) is 1.72. The molecule has 0 aromatic heterocycles. The maximum absolute atomic E-state index is 12.9. The topological polar surface area (TPSA) is 58.6 Å². The van der Waals surface area contributed by atoms with Crippen molar-refractivity contribution in [1.82, 2.24) is 10.4 Å². The molecule has 160 valence electrons. The first kappa shape index (κ1) is 22.1. The molecule has 4 rings (SSSR count). The van der Waals surface area contributed by atoms with Gasteiger partial charge in [0.1, 0.15) is 12.4 Å². The second-order valence-corrected chi connectivity index (χ2v) is 8.82. The Bertz CT molecular complexity index is 1210. The van der Waals surface area contributed by atoms with Gasteiger partial charge in [-0.25, -0.2) is 0 Å². The van der Waals surface area contributed by atoms with E-state index < -0.39 is 11.8 Å². The number of nitrogens with zero attached hydrogens (tertiary/aromatic N) is 1. The summed E-state index contributed by atoms with van der Waals surface area (Å²) in [4.78, 5) is 25.7. The third kappa shape index (κ3) is 5.02. The quantitative estimate of drug-likeness (QED) is 0.374. The van der Waals surface area contributed by atoms with E-state index in [-0.39, 0.29) is 4.32 Å². The summed E-state index contributed by atoms with van der Waals surface area (Å²) in [7, 11) is 0. The predicted octanol–water partition coefficient (Wildman–Crippen LogP) is 5.47. The Kier molecular flexibility index (Phi) is 6.90. The molecule has 0 radical (unpaired) electrons. The molecule has 3 aromatic carbocycles. The molecule has 1 heterocycles. The van der Waals surface area contributed by atoms with Crippen molar-refractivity contribution in [2.24, 2.45) is 0 Å². The Labute approximate surface area is 200 Å². The number of carbonyl (C=O) groups excluding carboxylic acids is 2. The summed E-state index contributed by atoms with van der Waals surface area (Å²) >= 11 is 12.6. The maximum Gasteiger partial charge on any atom is 0.285 e. The summed E-state index contributed by atoms with van der Waals surface area (Å²) in [6.45, 7) is 0.290. The van der Waals surface area contributed by atoms with Gasteiger partial charge >= 0.3 is 0 Å². The first-order valence-electron chi connectivity index (χ1n) is 9.62. The zero-order valence-electron chi connectivity index (χ0n) is 16.7. The number of hydrogen-bond acceptors (Lipinski definition) is 5. The fraction of sp³-hybridized carbons (Fsp3) is 0.0417. The summed E-state index contributed by atoms with van der Waals surface area (Å²) in [5.41, 5.74) is 4.59. The van der Waals surface area contributed by atoms with E-state index in [0.717, 1.165) is 27.9 Å². The van der Waals surface area contributed by atoms with Crippen LogP contribution in [0.4, 0.5) is 0 Å². The molecule has 32 heavy (non-hydrogen) atoms. The highest BCUT2D eigenvalue weighted by Crippen LogP contribution is 2.33. The third-order valence-electron chi connectivity index (χ3n) is 4.59. The highest BCUT2D eigenvalue weighted by Gasteiger charge is 2.34. The first-order chi connectivity index (χ1) is 15.5. The van der Waals surface area contributed by atoms with Crippen LogP contribution in [-0.2, 0) is 11.4 Å². The highest BCUT2D eigenvalue weighted by atomic mass is 35.5. The van der Waals surface area contributed by atoms with E-state index in [4.69, 9.17) is 28.6 Å². The number of benzene rings is 3. The summed E-state index contributed by atoms with van der Waals surface area (Å²) < 4.78 is 6.21. The monoisotopic (exact) mass is 480 g/mol. The van der Waals surface area contributed by atoms with E-state index in [1.807, 2.05) is 48.5 Å². The van der Waals surface area contributed by atoms with E-state index in [2.05, 4.69) is 5.43 Å². The molecule has 1 N–H and O–H groups in total. The van der Waals surface area contributed by atoms with Crippen LogP contribution in [-0.4, -0.2) is 21.1 Å². The number of ether oxygens (including phenoxy) is 1.